The molecule has 0 unspecified atom stereocenters. The van der Waals surface area contributed by atoms with Crippen molar-refractivity contribution in [2.75, 3.05) is 20.0 Å². The molecular weight excluding hydrogens is 322 g/mol. The van der Waals surface area contributed by atoms with Crippen LogP contribution in [0.5, 0.6) is 11.5 Å². The number of nitrogens with zero attached hydrogens (tertiary/aromatic N) is 4. The highest BCUT2D eigenvalue weighted by Crippen LogP contribution is 2.33. The van der Waals surface area contributed by atoms with Gasteiger partial charge >= 0.3 is 0 Å². The van der Waals surface area contributed by atoms with Crippen LogP contribution in [0, 0.1) is 0 Å². The van der Waals surface area contributed by atoms with Gasteiger partial charge in [-0.05, 0) is 30.2 Å². The molecule has 1 N–H and O–H groups in total. The lowest BCUT2D eigenvalue weighted by Crippen LogP contribution is -2.06. The Morgan fingerprint density at radius 3 is 3.00 bits per heavy atom. The van der Waals surface area contributed by atoms with E-state index in [1.165, 1.54) is 0 Å². The Morgan fingerprint density at radius 1 is 1.20 bits per heavy atom. The maximum absolute atomic E-state index is 5.48. The van der Waals surface area contributed by atoms with Crippen LogP contribution in [0.1, 0.15) is 23.7 Å². The van der Waals surface area contributed by atoms with Gasteiger partial charge < -0.3 is 14.2 Å². The van der Waals surface area contributed by atoms with E-state index in [1.807, 2.05) is 28.9 Å². The third kappa shape index (κ3) is 2.64. The van der Waals surface area contributed by atoms with Gasteiger partial charge in [-0.1, -0.05) is 6.07 Å². The van der Waals surface area contributed by atoms with E-state index >= 15 is 0 Å². The van der Waals surface area contributed by atoms with Crippen molar-refractivity contribution in [3.8, 4) is 23.0 Å². The maximum Gasteiger partial charge on any atom is 0.231 e. The van der Waals surface area contributed by atoms with Crippen LogP contribution in [0.15, 0.2) is 30.5 Å². The van der Waals surface area contributed by atoms with Crippen molar-refractivity contribution in [3.63, 3.8) is 0 Å². The van der Waals surface area contributed by atoms with Crippen LogP contribution < -0.4 is 9.47 Å². The smallest absolute Gasteiger partial charge is 0.231 e. The summed E-state index contributed by atoms with van der Waals surface area (Å²) in [6.45, 7) is 2.30. The molecule has 2 aliphatic rings. The summed E-state index contributed by atoms with van der Waals surface area (Å²) < 4.78 is 18.2. The molecule has 1 fully saturated rings. The summed E-state index contributed by atoms with van der Waals surface area (Å²) in [5, 5.41) is 11.8. The SMILES string of the molecule is c1cc(-c2nc([C@H]3CCOC3)nn2Cc2ccc3c(c2)OCO3)[nH]n1. The van der Waals surface area contributed by atoms with Gasteiger partial charge in [-0.3, -0.25) is 5.10 Å². The number of aromatic nitrogens is 5. The lowest BCUT2D eigenvalue weighted by molar-refractivity contribution is 0.174. The van der Waals surface area contributed by atoms with Gasteiger partial charge in [-0.2, -0.15) is 10.2 Å². The van der Waals surface area contributed by atoms with Crippen LogP contribution in [0.25, 0.3) is 11.5 Å². The van der Waals surface area contributed by atoms with E-state index in [1.54, 1.807) is 6.20 Å². The number of nitrogens with one attached hydrogen (secondary N) is 1. The molecule has 128 valence electrons. The highest BCUT2D eigenvalue weighted by molar-refractivity contribution is 5.49. The van der Waals surface area contributed by atoms with Gasteiger partial charge in [0.1, 0.15) is 5.69 Å². The van der Waals surface area contributed by atoms with E-state index in [0.29, 0.717) is 13.2 Å². The molecule has 2 aliphatic heterocycles. The zero-order chi connectivity index (χ0) is 16.6. The second-order valence-electron chi connectivity index (χ2n) is 6.17. The molecule has 0 radical (unpaired) electrons. The molecule has 1 saturated heterocycles. The van der Waals surface area contributed by atoms with Crippen LogP contribution in [-0.4, -0.2) is 45.0 Å². The van der Waals surface area contributed by atoms with Crippen LogP contribution in [0.4, 0.5) is 0 Å². The number of aromatic amines is 1. The molecule has 8 heteroatoms. The molecule has 0 spiro atoms. The highest BCUT2D eigenvalue weighted by Gasteiger charge is 2.25. The van der Waals surface area contributed by atoms with Crippen molar-refractivity contribution in [1.29, 1.82) is 0 Å². The number of ether oxygens (including phenoxy) is 3. The first-order valence-corrected chi connectivity index (χ1v) is 8.27. The Balaban J connectivity index is 1.50. The summed E-state index contributed by atoms with van der Waals surface area (Å²) in [6.07, 6.45) is 2.67. The molecule has 5 rings (SSSR count). The second kappa shape index (κ2) is 5.89. The minimum absolute atomic E-state index is 0.250. The average Bonchev–Trinajstić information content (AvgIpc) is 3.39. The van der Waals surface area contributed by atoms with Gasteiger partial charge in [0.05, 0.1) is 13.2 Å². The largest absolute Gasteiger partial charge is 0.454 e. The summed E-state index contributed by atoms with van der Waals surface area (Å²) in [5.74, 6) is 3.39. The number of H-pyrrole nitrogens is 1. The quantitative estimate of drug-likeness (QED) is 0.782. The third-order valence-corrected chi connectivity index (χ3v) is 4.49. The van der Waals surface area contributed by atoms with Crippen LogP contribution in [0.2, 0.25) is 0 Å². The first kappa shape index (κ1) is 14.5. The number of benzene rings is 1. The van der Waals surface area contributed by atoms with E-state index in [4.69, 9.17) is 24.3 Å². The maximum atomic E-state index is 5.48. The van der Waals surface area contributed by atoms with E-state index < -0.39 is 0 Å². The molecule has 8 nitrogen and oxygen atoms in total. The minimum atomic E-state index is 0.250. The van der Waals surface area contributed by atoms with E-state index in [9.17, 15) is 0 Å². The first-order chi connectivity index (χ1) is 12.4. The van der Waals surface area contributed by atoms with Crippen molar-refractivity contribution >= 4 is 0 Å². The predicted molar refractivity (Wildman–Crippen MR) is 87.4 cm³/mol. The van der Waals surface area contributed by atoms with Gasteiger partial charge in [-0.25, -0.2) is 9.67 Å². The fourth-order valence-corrected chi connectivity index (χ4v) is 3.17. The Bertz CT molecular complexity index is 884. The molecule has 25 heavy (non-hydrogen) atoms. The number of rotatable bonds is 4. The van der Waals surface area contributed by atoms with E-state index in [2.05, 4.69) is 10.2 Å². The minimum Gasteiger partial charge on any atom is -0.454 e. The molecule has 3 aromatic rings. The summed E-state index contributed by atoms with van der Waals surface area (Å²) >= 11 is 0. The predicted octanol–water partition coefficient (Wildman–Crippen LogP) is 1.95. The van der Waals surface area contributed by atoms with Crippen molar-refractivity contribution in [1.82, 2.24) is 25.0 Å². The van der Waals surface area contributed by atoms with Gasteiger partial charge in [0.2, 0.25) is 6.79 Å². The summed E-state index contributed by atoms with van der Waals surface area (Å²) in [5.41, 5.74) is 1.92. The highest BCUT2D eigenvalue weighted by atomic mass is 16.7. The van der Waals surface area contributed by atoms with Gasteiger partial charge in [0, 0.05) is 18.7 Å². The molecule has 4 heterocycles. The van der Waals surface area contributed by atoms with Crippen molar-refractivity contribution in [2.24, 2.45) is 0 Å². The Labute approximate surface area is 143 Å². The van der Waals surface area contributed by atoms with E-state index in [-0.39, 0.29) is 12.7 Å². The fraction of sp³-hybridized carbons (Fsp3) is 0.353. The molecule has 0 aliphatic carbocycles. The molecule has 1 aromatic carbocycles. The Hall–Kier alpha value is -2.87. The summed E-state index contributed by atoms with van der Waals surface area (Å²) in [4.78, 5) is 4.75. The third-order valence-electron chi connectivity index (χ3n) is 4.49. The second-order valence-corrected chi connectivity index (χ2v) is 6.17. The van der Waals surface area contributed by atoms with Gasteiger partial charge in [0.15, 0.2) is 23.1 Å². The first-order valence-electron chi connectivity index (χ1n) is 8.27. The monoisotopic (exact) mass is 339 g/mol. The molecule has 0 saturated carbocycles. The summed E-state index contributed by atoms with van der Waals surface area (Å²) in [7, 11) is 0. The lowest BCUT2D eigenvalue weighted by atomic mass is 10.1. The molecule has 2 aromatic heterocycles. The van der Waals surface area contributed by atoms with Crippen molar-refractivity contribution in [3.05, 3.63) is 41.9 Å². The molecule has 1 atom stereocenters. The Morgan fingerprint density at radius 2 is 2.16 bits per heavy atom. The van der Waals surface area contributed by atoms with Gasteiger partial charge in [0.25, 0.3) is 0 Å². The molecular formula is C17H17N5O3. The standard InChI is InChI=1S/C17H17N5O3/c1-2-14-15(25-10-24-14)7-11(1)8-22-17(13-3-5-18-20-13)19-16(21-22)12-4-6-23-9-12/h1-3,5,7,12H,4,6,8-10H2,(H,18,20)/t12-/m0/s1. The zero-order valence-corrected chi connectivity index (χ0v) is 13.5. The van der Waals surface area contributed by atoms with Crippen LogP contribution in [-0.2, 0) is 11.3 Å². The average molecular weight is 339 g/mol. The zero-order valence-electron chi connectivity index (χ0n) is 13.5. The summed E-state index contributed by atoms with van der Waals surface area (Å²) in [6, 6.07) is 7.83. The lowest BCUT2D eigenvalue weighted by Gasteiger charge is -2.06. The van der Waals surface area contributed by atoms with Crippen molar-refractivity contribution in [2.45, 2.75) is 18.9 Å². The van der Waals surface area contributed by atoms with Crippen LogP contribution >= 0.6 is 0 Å². The van der Waals surface area contributed by atoms with Gasteiger partial charge in [-0.15, -0.1) is 0 Å². The molecule has 0 amide bonds. The normalized spacial score (nSPS) is 18.8. The number of fused-ring (bicyclic) bond motifs is 1. The Kier molecular flexibility index (Phi) is 3.41. The fourth-order valence-electron chi connectivity index (χ4n) is 3.17. The van der Waals surface area contributed by atoms with Crippen molar-refractivity contribution < 1.29 is 14.2 Å². The number of hydrogen-bond acceptors (Lipinski definition) is 6. The number of hydrogen-bond donors (Lipinski definition) is 1. The van der Waals surface area contributed by atoms with Crippen LogP contribution in [0.3, 0.4) is 0 Å². The molecule has 0 bridgehead atoms. The van der Waals surface area contributed by atoms with E-state index in [0.717, 1.165) is 47.4 Å². The topological polar surface area (TPSA) is 87.1 Å².